The monoisotopic (exact) mass is 355 g/mol. The van der Waals surface area contributed by atoms with Crippen LogP contribution in [0.25, 0.3) is 0 Å². The summed E-state index contributed by atoms with van der Waals surface area (Å²) in [7, 11) is 1.65. The standard InChI is InChI=1S/C20H25N3O3/c1-14-11-18(24)17(12-21-14)19(25)22-9-10-23(20(2,3)13-22)15-5-7-16(26-4)8-6-15/h5-8,11-12H,9-10,13H2,1-4H3,(H,21,24). The molecule has 1 amide bonds. The van der Waals surface area contributed by atoms with E-state index in [2.05, 4.69) is 23.7 Å². The van der Waals surface area contributed by atoms with Crippen molar-refractivity contribution in [3.8, 4) is 5.75 Å². The molecule has 138 valence electrons. The van der Waals surface area contributed by atoms with Gasteiger partial charge in [0.2, 0.25) is 0 Å². The van der Waals surface area contributed by atoms with Gasteiger partial charge in [-0.3, -0.25) is 9.59 Å². The molecular weight excluding hydrogens is 330 g/mol. The van der Waals surface area contributed by atoms with Crippen LogP contribution in [-0.4, -0.2) is 48.1 Å². The zero-order chi connectivity index (χ0) is 18.9. The van der Waals surface area contributed by atoms with Crippen LogP contribution < -0.4 is 15.1 Å². The molecular formula is C20H25N3O3. The predicted molar refractivity (Wildman–Crippen MR) is 102 cm³/mol. The number of nitrogens with one attached hydrogen (secondary N) is 1. The smallest absolute Gasteiger partial charge is 0.259 e. The molecule has 0 atom stereocenters. The van der Waals surface area contributed by atoms with E-state index in [0.29, 0.717) is 19.6 Å². The number of nitrogens with zero attached hydrogens (tertiary/aromatic N) is 2. The molecule has 0 aliphatic carbocycles. The van der Waals surface area contributed by atoms with Gasteiger partial charge in [0.15, 0.2) is 5.43 Å². The van der Waals surface area contributed by atoms with Crippen LogP contribution in [-0.2, 0) is 0 Å². The third-order valence-corrected chi connectivity index (χ3v) is 4.86. The second-order valence-corrected chi connectivity index (χ2v) is 7.28. The van der Waals surface area contributed by atoms with Crippen LogP contribution in [0.1, 0.15) is 29.9 Å². The Morgan fingerprint density at radius 3 is 2.46 bits per heavy atom. The van der Waals surface area contributed by atoms with Gasteiger partial charge in [-0.2, -0.15) is 0 Å². The Kier molecular flexibility index (Phi) is 4.76. The quantitative estimate of drug-likeness (QED) is 0.918. The average molecular weight is 355 g/mol. The van der Waals surface area contributed by atoms with Crippen molar-refractivity contribution in [3.05, 3.63) is 58.0 Å². The van der Waals surface area contributed by atoms with E-state index in [-0.39, 0.29) is 22.4 Å². The minimum absolute atomic E-state index is 0.198. The first-order valence-corrected chi connectivity index (χ1v) is 8.72. The van der Waals surface area contributed by atoms with Crippen LogP contribution in [0.2, 0.25) is 0 Å². The summed E-state index contributed by atoms with van der Waals surface area (Å²) in [6.45, 7) is 7.83. The van der Waals surface area contributed by atoms with E-state index >= 15 is 0 Å². The molecule has 1 N–H and O–H groups in total. The van der Waals surface area contributed by atoms with Crippen molar-refractivity contribution in [2.24, 2.45) is 0 Å². The van der Waals surface area contributed by atoms with E-state index in [1.807, 2.05) is 24.3 Å². The molecule has 2 aromatic rings. The summed E-state index contributed by atoms with van der Waals surface area (Å²) in [6, 6.07) is 9.40. The summed E-state index contributed by atoms with van der Waals surface area (Å²) < 4.78 is 5.22. The number of hydrogen-bond acceptors (Lipinski definition) is 4. The number of amides is 1. The molecule has 6 nitrogen and oxygen atoms in total. The summed E-state index contributed by atoms with van der Waals surface area (Å²) >= 11 is 0. The fourth-order valence-corrected chi connectivity index (χ4v) is 3.48. The Morgan fingerprint density at radius 2 is 1.88 bits per heavy atom. The molecule has 26 heavy (non-hydrogen) atoms. The van der Waals surface area contributed by atoms with Crippen LogP contribution in [0.15, 0.2) is 41.3 Å². The van der Waals surface area contributed by atoms with Crippen molar-refractivity contribution in [2.75, 3.05) is 31.6 Å². The number of ether oxygens (including phenoxy) is 1. The number of H-pyrrole nitrogens is 1. The van der Waals surface area contributed by atoms with Crippen LogP contribution in [0.5, 0.6) is 5.75 Å². The Hall–Kier alpha value is -2.76. The molecule has 0 unspecified atom stereocenters. The van der Waals surface area contributed by atoms with Crippen LogP contribution >= 0.6 is 0 Å². The lowest BCUT2D eigenvalue weighted by molar-refractivity contribution is 0.0684. The lowest BCUT2D eigenvalue weighted by Crippen LogP contribution is -2.61. The van der Waals surface area contributed by atoms with Gasteiger partial charge in [-0.25, -0.2) is 0 Å². The first-order valence-electron chi connectivity index (χ1n) is 8.72. The third kappa shape index (κ3) is 3.45. The summed E-state index contributed by atoms with van der Waals surface area (Å²) in [5.41, 5.74) is 1.55. The number of carbonyl (C=O) groups is 1. The number of rotatable bonds is 3. The van der Waals surface area contributed by atoms with Crippen LogP contribution in [0.3, 0.4) is 0 Å². The number of carbonyl (C=O) groups excluding carboxylic acids is 1. The van der Waals surface area contributed by atoms with Gasteiger partial charge >= 0.3 is 0 Å². The second-order valence-electron chi connectivity index (χ2n) is 7.28. The molecule has 0 saturated carbocycles. The highest BCUT2D eigenvalue weighted by atomic mass is 16.5. The first-order chi connectivity index (χ1) is 12.3. The maximum atomic E-state index is 12.8. The largest absolute Gasteiger partial charge is 0.497 e. The van der Waals surface area contributed by atoms with Crippen molar-refractivity contribution in [3.63, 3.8) is 0 Å². The van der Waals surface area contributed by atoms with E-state index in [4.69, 9.17) is 4.74 Å². The van der Waals surface area contributed by atoms with Gasteiger partial charge in [0.25, 0.3) is 5.91 Å². The number of pyridine rings is 1. The Morgan fingerprint density at radius 1 is 1.19 bits per heavy atom. The predicted octanol–water partition coefficient (Wildman–Crippen LogP) is 2.43. The second kappa shape index (κ2) is 6.86. The lowest BCUT2D eigenvalue weighted by atomic mass is 9.97. The maximum Gasteiger partial charge on any atom is 0.259 e. The van der Waals surface area contributed by atoms with Gasteiger partial charge in [0.05, 0.1) is 12.6 Å². The van der Waals surface area contributed by atoms with Crippen LogP contribution in [0, 0.1) is 6.92 Å². The van der Waals surface area contributed by atoms with Gasteiger partial charge in [-0.05, 0) is 45.0 Å². The topological polar surface area (TPSA) is 65.6 Å². The molecule has 1 aliphatic rings. The summed E-state index contributed by atoms with van der Waals surface area (Å²) in [5, 5.41) is 0. The Balaban J connectivity index is 1.79. The number of hydrogen-bond donors (Lipinski definition) is 1. The highest BCUT2D eigenvalue weighted by molar-refractivity contribution is 5.94. The van der Waals surface area contributed by atoms with Gasteiger partial charge < -0.3 is 19.5 Å². The lowest BCUT2D eigenvalue weighted by Gasteiger charge is -2.48. The molecule has 1 saturated heterocycles. The molecule has 2 heterocycles. The third-order valence-electron chi connectivity index (χ3n) is 4.86. The fourth-order valence-electron chi connectivity index (χ4n) is 3.48. The van der Waals surface area contributed by atoms with Gasteiger partial charge in [0.1, 0.15) is 11.3 Å². The van der Waals surface area contributed by atoms with Gasteiger partial charge in [-0.15, -0.1) is 0 Å². The zero-order valence-corrected chi connectivity index (χ0v) is 15.7. The van der Waals surface area contributed by atoms with E-state index in [1.165, 1.54) is 12.3 Å². The van der Waals surface area contributed by atoms with Crippen molar-refractivity contribution in [2.45, 2.75) is 26.3 Å². The molecule has 3 rings (SSSR count). The van der Waals surface area contributed by atoms with Crippen molar-refractivity contribution in [1.29, 1.82) is 0 Å². The molecule has 6 heteroatoms. The molecule has 1 fully saturated rings. The number of aromatic nitrogens is 1. The SMILES string of the molecule is COc1ccc(N2CCN(C(=O)c3c[nH]c(C)cc3=O)CC2(C)C)cc1. The number of aromatic amines is 1. The molecule has 0 bridgehead atoms. The Labute approximate surface area is 153 Å². The van der Waals surface area contributed by atoms with Crippen molar-refractivity contribution < 1.29 is 9.53 Å². The first kappa shape index (κ1) is 18.0. The van der Waals surface area contributed by atoms with E-state index in [9.17, 15) is 9.59 Å². The van der Waals surface area contributed by atoms with E-state index in [1.54, 1.807) is 18.9 Å². The van der Waals surface area contributed by atoms with Crippen LogP contribution in [0.4, 0.5) is 5.69 Å². The van der Waals surface area contributed by atoms with Crippen molar-refractivity contribution in [1.82, 2.24) is 9.88 Å². The molecule has 1 aromatic heterocycles. The van der Waals surface area contributed by atoms with Crippen molar-refractivity contribution >= 4 is 11.6 Å². The van der Waals surface area contributed by atoms with Gasteiger partial charge in [0, 0.05) is 43.3 Å². The molecule has 1 aromatic carbocycles. The normalized spacial score (nSPS) is 16.5. The molecule has 0 radical (unpaired) electrons. The number of benzene rings is 1. The maximum absolute atomic E-state index is 12.8. The average Bonchev–Trinajstić information content (AvgIpc) is 2.60. The van der Waals surface area contributed by atoms with E-state index in [0.717, 1.165) is 17.1 Å². The van der Waals surface area contributed by atoms with E-state index < -0.39 is 0 Å². The highest BCUT2D eigenvalue weighted by Gasteiger charge is 2.36. The minimum atomic E-state index is -0.250. The summed E-state index contributed by atoms with van der Waals surface area (Å²) in [4.78, 5) is 32.0. The number of anilines is 1. The molecule has 1 aliphatic heterocycles. The number of methoxy groups -OCH3 is 1. The number of aryl methyl sites for hydroxylation is 1. The molecule has 0 spiro atoms. The zero-order valence-electron chi connectivity index (χ0n) is 15.7. The summed E-state index contributed by atoms with van der Waals surface area (Å²) in [6.07, 6.45) is 1.52. The Bertz CT molecular complexity index is 855. The van der Waals surface area contributed by atoms with Gasteiger partial charge in [-0.1, -0.05) is 0 Å². The number of piperazine rings is 1. The summed E-state index contributed by atoms with van der Waals surface area (Å²) in [5.74, 6) is 0.604. The minimum Gasteiger partial charge on any atom is -0.497 e. The highest BCUT2D eigenvalue weighted by Crippen LogP contribution is 2.29. The fraction of sp³-hybridized carbons (Fsp3) is 0.400.